The Hall–Kier alpha value is -1.11. The van der Waals surface area contributed by atoms with Crippen LogP contribution in [0.4, 0.5) is 0 Å². The van der Waals surface area contributed by atoms with Crippen molar-refractivity contribution in [3.63, 3.8) is 0 Å². The molecule has 0 radical (unpaired) electrons. The predicted molar refractivity (Wildman–Crippen MR) is 82.4 cm³/mol. The van der Waals surface area contributed by atoms with Crippen LogP contribution in [0.3, 0.4) is 0 Å². The fraction of sp³-hybridized carbons (Fsp3) is 0.600. The Balaban J connectivity index is 1.78. The number of rotatable bonds is 6. The van der Waals surface area contributed by atoms with Crippen molar-refractivity contribution in [3.05, 3.63) is 29.8 Å². The summed E-state index contributed by atoms with van der Waals surface area (Å²) in [6, 6.07) is 7.67. The van der Waals surface area contributed by atoms with Gasteiger partial charge in [0.1, 0.15) is 18.5 Å². The van der Waals surface area contributed by atoms with Crippen LogP contribution in [0.2, 0.25) is 0 Å². The van der Waals surface area contributed by atoms with E-state index in [2.05, 4.69) is 0 Å². The molecule has 1 aliphatic rings. The maximum absolute atomic E-state index is 11.5. The number of nitrogens with zero attached hydrogens (tertiary/aromatic N) is 1. The zero-order chi connectivity index (χ0) is 15.5. The number of aliphatic hydroxyl groups excluding tert-OH is 1. The van der Waals surface area contributed by atoms with Crippen molar-refractivity contribution in [1.29, 1.82) is 0 Å². The molecule has 1 aromatic carbocycles. The summed E-state index contributed by atoms with van der Waals surface area (Å²) in [7, 11) is -1.04. The summed E-state index contributed by atoms with van der Waals surface area (Å²) in [5.74, 6) is 1.17. The molecule has 1 heterocycles. The van der Waals surface area contributed by atoms with Crippen LogP contribution in [-0.2, 0) is 9.84 Å². The lowest BCUT2D eigenvalue weighted by Gasteiger charge is -2.25. The van der Waals surface area contributed by atoms with E-state index in [4.69, 9.17) is 4.74 Å². The summed E-state index contributed by atoms with van der Waals surface area (Å²) < 4.78 is 28.5. The topological polar surface area (TPSA) is 66.8 Å². The Morgan fingerprint density at radius 3 is 2.86 bits per heavy atom. The third kappa shape index (κ3) is 4.98. The molecule has 0 aromatic heterocycles. The summed E-state index contributed by atoms with van der Waals surface area (Å²) in [4.78, 5) is 1.91. The van der Waals surface area contributed by atoms with Gasteiger partial charge in [-0.2, -0.15) is 0 Å². The number of hydrogen-bond acceptors (Lipinski definition) is 5. The van der Waals surface area contributed by atoms with Gasteiger partial charge in [-0.15, -0.1) is 0 Å². The van der Waals surface area contributed by atoms with Crippen LogP contribution in [0, 0.1) is 6.92 Å². The molecular weight excluding hydrogens is 290 g/mol. The minimum absolute atomic E-state index is 0.00335. The van der Waals surface area contributed by atoms with E-state index in [1.54, 1.807) is 0 Å². The highest BCUT2D eigenvalue weighted by Crippen LogP contribution is 2.17. The molecule has 2 rings (SSSR count). The number of likely N-dealkylation sites (N-methyl/N-ethyl adjacent to an activating group) is 1. The first-order valence-electron chi connectivity index (χ1n) is 7.14. The van der Waals surface area contributed by atoms with E-state index in [-0.39, 0.29) is 24.2 Å². The van der Waals surface area contributed by atoms with E-state index in [1.165, 1.54) is 0 Å². The molecule has 5 nitrogen and oxygen atoms in total. The smallest absolute Gasteiger partial charge is 0.151 e. The lowest BCUT2D eigenvalue weighted by atomic mass is 10.2. The highest BCUT2D eigenvalue weighted by molar-refractivity contribution is 7.91. The number of sulfone groups is 1. The Morgan fingerprint density at radius 2 is 2.24 bits per heavy atom. The standard InChI is InChI=1S/C15H23NO4S/c1-12-4-3-5-15(8-12)20-10-14(17)9-16(2)13-6-7-21(18,19)11-13/h3-5,8,13-14,17H,6-7,9-11H2,1-2H3/t13-,14-/m1/s1. The lowest BCUT2D eigenvalue weighted by Crippen LogP contribution is -2.40. The van der Waals surface area contributed by atoms with Gasteiger partial charge in [0.05, 0.1) is 11.5 Å². The highest BCUT2D eigenvalue weighted by atomic mass is 32.2. The van der Waals surface area contributed by atoms with E-state index < -0.39 is 15.9 Å². The van der Waals surface area contributed by atoms with Crippen molar-refractivity contribution in [1.82, 2.24) is 4.90 Å². The van der Waals surface area contributed by atoms with E-state index in [0.29, 0.717) is 13.0 Å². The Kier molecular flexibility index (Phi) is 5.24. The van der Waals surface area contributed by atoms with E-state index in [1.807, 2.05) is 43.1 Å². The van der Waals surface area contributed by atoms with Gasteiger partial charge in [-0.1, -0.05) is 12.1 Å². The van der Waals surface area contributed by atoms with Gasteiger partial charge in [-0.3, -0.25) is 4.90 Å². The molecule has 0 unspecified atom stereocenters. The van der Waals surface area contributed by atoms with Crippen LogP contribution >= 0.6 is 0 Å². The molecule has 1 aromatic rings. The van der Waals surface area contributed by atoms with Gasteiger partial charge in [0.15, 0.2) is 9.84 Å². The van der Waals surface area contributed by atoms with Crippen LogP contribution in [0.15, 0.2) is 24.3 Å². The molecule has 1 saturated heterocycles. The molecular formula is C15H23NO4S. The normalized spacial score (nSPS) is 22.4. The van der Waals surface area contributed by atoms with Gasteiger partial charge in [0.2, 0.25) is 0 Å². The third-order valence-corrected chi connectivity index (χ3v) is 5.51. The molecule has 1 N–H and O–H groups in total. The summed E-state index contributed by atoms with van der Waals surface area (Å²) >= 11 is 0. The summed E-state index contributed by atoms with van der Waals surface area (Å²) in [6.07, 6.45) is 0.00316. The average Bonchev–Trinajstić information content (AvgIpc) is 2.77. The average molecular weight is 313 g/mol. The van der Waals surface area contributed by atoms with Crippen LogP contribution < -0.4 is 4.74 Å². The number of benzene rings is 1. The predicted octanol–water partition coefficient (Wildman–Crippen LogP) is 0.854. The number of aliphatic hydroxyl groups is 1. The monoisotopic (exact) mass is 313 g/mol. The van der Waals surface area contributed by atoms with Gasteiger partial charge in [0, 0.05) is 12.6 Å². The van der Waals surface area contributed by atoms with Crippen LogP contribution in [0.25, 0.3) is 0 Å². The molecule has 0 spiro atoms. The van der Waals surface area contributed by atoms with Crippen LogP contribution in [0.1, 0.15) is 12.0 Å². The SMILES string of the molecule is Cc1cccc(OC[C@H](O)CN(C)[C@@H]2CCS(=O)(=O)C2)c1. The second-order valence-electron chi connectivity index (χ2n) is 5.78. The van der Waals surface area contributed by atoms with Gasteiger partial charge >= 0.3 is 0 Å². The molecule has 6 heteroatoms. The van der Waals surface area contributed by atoms with E-state index in [9.17, 15) is 13.5 Å². The van der Waals surface area contributed by atoms with Crippen LogP contribution in [-0.4, -0.2) is 62.3 Å². The van der Waals surface area contributed by atoms with Crippen LogP contribution in [0.5, 0.6) is 5.75 Å². The highest BCUT2D eigenvalue weighted by Gasteiger charge is 2.31. The maximum atomic E-state index is 11.5. The van der Waals surface area contributed by atoms with Gasteiger partial charge < -0.3 is 9.84 Å². The molecule has 0 bridgehead atoms. The van der Waals surface area contributed by atoms with Gasteiger partial charge in [-0.25, -0.2) is 8.42 Å². The van der Waals surface area contributed by atoms with Gasteiger partial charge in [0.25, 0.3) is 0 Å². The number of ether oxygens (including phenoxy) is 1. The fourth-order valence-electron chi connectivity index (χ4n) is 2.55. The zero-order valence-electron chi connectivity index (χ0n) is 12.5. The van der Waals surface area contributed by atoms with Crippen molar-refractivity contribution in [2.45, 2.75) is 25.5 Å². The molecule has 0 saturated carbocycles. The second-order valence-corrected chi connectivity index (χ2v) is 8.01. The Bertz CT molecular complexity index is 573. The van der Waals surface area contributed by atoms with E-state index >= 15 is 0 Å². The summed E-state index contributed by atoms with van der Waals surface area (Å²) in [5.41, 5.74) is 1.11. The largest absolute Gasteiger partial charge is 0.491 e. The van der Waals surface area contributed by atoms with Crippen molar-refractivity contribution in [3.8, 4) is 5.75 Å². The molecule has 1 fully saturated rings. The number of aryl methyl sites for hydroxylation is 1. The molecule has 118 valence electrons. The van der Waals surface area contributed by atoms with Crippen molar-refractivity contribution >= 4 is 9.84 Å². The fourth-order valence-corrected chi connectivity index (χ4v) is 4.36. The summed E-state index contributed by atoms with van der Waals surface area (Å²) in [5, 5.41) is 10.0. The van der Waals surface area contributed by atoms with E-state index in [0.717, 1.165) is 11.3 Å². The minimum Gasteiger partial charge on any atom is -0.491 e. The first kappa shape index (κ1) is 16.3. The van der Waals surface area contributed by atoms with Crippen molar-refractivity contribution in [2.75, 3.05) is 31.7 Å². The quantitative estimate of drug-likeness (QED) is 0.843. The number of hydrogen-bond donors (Lipinski definition) is 1. The Labute approximate surface area is 126 Å². The van der Waals surface area contributed by atoms with Crippen molar-refractivity contribution < 1.29 is 18.3 Å². The third-order valence-electron chi connectivity index (χ3n) is 3.76. The summed E-state index contributed by atoms with van der Waals surface area (Å²) in [6.45, 7) is 2.59. The molecule has 21 heavy (non-hydrogen) atoms. The Morgan fingerprint density at radius 1 is 1.48 bits per heavy atom. The lowest BCUT2D eigenvalue weighted by molar-refractivity contribution is 0.0664. The van der Waals surface area contributed by atoms with Crippen molar-refractivity contribution in [2.24, 2.45) is 0 Å². The zero-order valence-corrected chi connectivity index (χ0v) is 13.3. The second kappa shape index (κ2) is 6.77. The first-order valence-corrected chi connectivity index (χ1v) is 8.96. The molecule has 2 atom stereocenters. The minimum atomic E-state index is -2.89. The van der Waals surface area contributed by atoms with Gasteiger partial charge in [-0.05, 0) is 38.1 Å². The first-order chi connectivity index (χ1) is 9.85. The molecule has 0 aliphatic carbocycles. The molecule has 0 amide bonds. The maximum Gasteiger partial charge on any atom is 0.151 e. The molecule has 1 aliphatic heterocycles.